The zero-order valence-corrected chi connectivity index (χ0v) is 20.0. The van der Waals surface area contributed by atoms with Crippen molar-refractivity contribution in [3.63, 3.8) is 0 Å². The molecule has 0 aliphatic carbocycles. The van der Waals surface area contributed by atoms with Gasteiger partial charge in [-0.25, -0.2) is 15.0 Å². The molecular formula is C27H17ClF3N5O. The normalized spacial score (nSPS) is 12.1. The van der Waals surface area contributed by atoms with Crippen LogP contribution in [0.3, 0.4) is 0 Å². The van der Waals surface area contributed by atoms with Gasteiger partial charge in [-0.15, -0.1) is 0 Å². The Kier molecular flexibility index (Phi) is 5.27. The minimum atomic E-state index is -4.54. The molecule has 184 valence electrons. The molecule has 0 unspecified atom stereocenters. The zero-order chi connectivity index (χ0) is 25.9. The summed E-state index contributed by atoms with van der Waals surface area (Å²) in [7, 11) is 0. The fourth-order valence-corrected chi connectivity index (χ4v) is 4.68. The molecule has 0 saturated carbocycles. The highest BCUT2D eigenvalue weighted by Crippen LogP contribution is 2.33. The summed E-state index contributed by atoms with van der Waals surface area (Å²) in [6.45, 7) is 1.84. The van der Waals surface area contributed by atoms with E-state index in [2.05, 4.69) is 4.98 Å². The van der Waals surface area contributed by atoms with E-state index < -0.39 is 11.7 Å². The fraction of sp³-hybridized carbons (Fsp3) is 0.111. The molecule has 0 aliphatic rings. The van der Waals surface area contributed by atoms with Crippen LogP contribution in [0.4, 0.5) is 13.2 Å². The predicted molar refractivity (Wildman–Crippen MR) is 136 cm³/mol. The molecule has 0 fully saturated rings. The van der Waals surface area contributed by atoms with Gasteiger partial charge in [0.15, 0.2) is 11.3 Å². The van der Waals surface area contributed by atoms with E-state index in [0.717, 1.165) is 17.7 Å². The van der Waals surface area contributed by atoms with E-state index in [1.165, 1.54) is 21.3 Å². The van der Waals surface area contributed by atoms with Crippen molar-refractivity contribution in [1.29, 1.82) is 0 Å². The summed E-state index contributed by atoms with van der Waals surface area (Å²) in [5.74, 6) is 0.373. The van der Waals surface area contributed by atoms with Crippen molar-refractivity contribution in [1.82, 2.24) is 24.1 Å². The summed E-state index contributed by atoms with van der Waals surface area (Å²) >= 11 is 6.34. The van der Waals surface area contributed by atoms with Crippen LogP contribution in [0.1, 0.15) is 17.0 Å². The van der Waals surface area contributed by atoms with Gasteiger partial charge in [0.05, 0.1) is 23.1 Å². The van der Waals surface area contributed by atoms with E-state index in [1.807, 2.05) is 12.1 Å². The molecule has 0 aliphatic heterocycles. The van der Waals surface area contributed by atoms with Crippen LogP contribution in [-0.4, -0.2) is 24.1 Å². The van der Waals surface area contributed by atoms with E-state index in [-0.39, 0.29) is 40.0 Å². The Bertz CT molecular complexity index is 1910. The maximum absolute atomic E-state index is 13.9. The first-order valence-corrected chi connectivity index (χ1v) is 11.7. The monoisotopic (exact) mass is 519 g/mol. The molecule has 37 heavy (non-hydrogen) atoms. The smallest absolute Gasteiger partial charge is 0.292 e. The number of alkyl halides is 3. The lowest BCUT2D eigenvalue weighted by Crippen LogP contribution is -2.24. The van der Waals surface area contributed by atoms with Gasteiger partial charge in [0.25, 0.3) is 5.56 Å². The molecular weight excluding hydrogens is 503 g/mol. The summed E-state index contributed by atoms with van der Waals surface area (Å²) < 4.78 is 43.6. The third-order valence-electron chi connectivity index (χ3n) is 6.27. The Morgan fingerprint density at radius 1 is 0.865 bits per heavy atom. The molecule has 6 rings (SSSR count). The van der Waals surface area contributed by atoms with Crippen molar-refractivity contribution in [2.75, 3.05) is 0 Å². The first kappa shape index (κ1) is 23.2. The van der Waals surface area contributed by atoms with Crippen LogP contribution in [0.5, 0.6) is 0 Å². The molecule has 0 saturated heterocycles. The van der Waals surface area contributed by atoms with Gasteiger partial charge in [0, 0.05) is 10.7 Å². The standard InChI is InChI=1S/C27H17ClF3N5O/c1-15-32-24-22(26(37)35(15)14-16-7-2-3-10-19(16)28)23-25(34-21-12-5-4-11-20(21)33-23)36(24)18-9-6-8-17(13-18)27(29,30)31/h2-13H,14H2,1H3. The molecule has 0 radical (unpaired) electrons. The minimum Gasteiger partial charge on any atom is -0.292 e. The lowest BCUT2D eigenvalue weighted by molar-refractivity contribution is -0.137. The van der Waals surface area contributed by atoms with Crippen LogP contribution in [0.25, 0.3) is 38.9 Å². The van der Waals surface area contributed by atoms with Gasteiger partial charge >= 0.3 is 6.18 Å². The number of halogens is 4. The number of nitrogens with zero attached hydrogens (tertiary/aromatic N) is 5. The third kappa shape index (κ3) is 3.82. The van der Waals surface area contributed by atoms with Gasteiger partial charge in [-0.3, -0.25) is 13.9 Å². The Morgan fingerprint density at radius 2 is 1.57 bits per heavy atom. The van der Waals surface area contributed by atoms with Crippen LogP contribution in [-0.2, 0) is 12.7 Å². The highest BCUT2D eigenvalue weighted by atomic mass is 35.5. The second-order valence-electron chi connectivity index (χ2n) is 8.61. The molecule has 0 amide bonds. The molecule has 3 aromatic carbocycles. The SMILES string of the molecule is Cc1nc2c(c(=O)n1Cc1ccccc1Cl)c1nc3ccccc3nc1n2-c1cccc(C(F)(F)F)c1. The first-order chi connectivity index (χ1) is 17.7. The van der Waals surface area contributed by atoms with Gasteiger partial charge in [-0.05, 0) is 48.9 Å². The predicted octanol–water partition coefficient (Wildman–Crippen LogP) is 6.31. The highest BCUT2D eigenvalue weighted by Gasteiger charge is 2.31. The van der Waals surface area contributed by atoms with Crippen LogP contribution in [0, 0.1) is 6.92 Å². The van der Waals surface area contributed by atoms with E-state index in [9.17, 15) is 18.0 Å². The van der Waals surface area contributed by atoms with Gasteiger partial charge in [-0.2, -0.15) is 13.2 Å². The molecule has 3 aromatic heterocycles. The van der Waals surface area contributed by atoms with E-state index in [1.54, 1.807) is 43.3 Å². The molecule has 0 atom stereocenters. The largest absolute Gasteiger partial charge is 0.416 e. The number of para-hydroxylation sites is 2. The van der Waals surface area contributed by atoms with Crippen LogP contribution < -0.4 is 5.56 Å². The highest BCUT2D eigenvalue weighted by molar-refractivity contribution is 6.31. The van der Waals surface area contributed by atoms with E-state index in [0.29, 0.717) is 21.9 Å². The molecule has 6 aromatic rings. The van der Waals surface area contributed by atoms with E-state index >= 15 is 0 Å². The van der Waals surface area contributed by atoms with Crippen LogP contribution in [0.2, 0.25) is 5.02 Å². The molecule has 3 heterocycles. The lowest BCUT2D eigenvalue weighted by Gasteiger charge is -2.13. The summed E-state index contributed by atoms with van der Waals surface area (Å²) in [6, 6.07) is 19.1. The summed E-state index contributed by atoms with van der Waals surface area (Å²) in [5, 5.41) is 0.675. The number of aromatic nitrogens is 5. The average Bonchev–Trinajstić information content (AvgIpc) is 3.18. The minimum absolute atomic E-state index is 0.170. The van der Waals surface area contributed by atoms with Gasteiger partial charge in [0.1, 0.15) is 16.7 Å². The summed E-state index contributed by atoms with van der Waals surface area (Å²) in [4.78, 5) is 28.0. The van der Waals surface area contributed by atoms with Crippen LogP contribution in [0.15, 0.2) is 77.6 Å². The van der Waals surface area contributed by atoms with Crippen molar-refractivity contribution in [2.45, 2.75) is 19.6 Å². The Morgan fingerprint density at radius 3 is 2.30 bits per heavy atom. The number of benzene rings is 3. The summed E-state index contributed by atoms with van der Waals surface area (Å²) in [5.41, 5.74) is 1.48. The van der Waals surface area contributed by atoms with Crippen molar-refractivity contribution in [3.05, 3.63) is 105 Å². The fourth-order valence-electron chi connectivity index (χ4n) is 4.48. The molecule has 6 nitrogen and oxygen atoms in total. The maximum Gasteiger partial charge on any atom is 0.416 e. The molecule has 10 heteroatoms. The second kappa shape index (κ2) is 8.41. The quantitative estimate of drug-likeness (QED) is 0.275. The first-order valence-electron chi connectivity index (χ1n) is 11.3. The molecule has 0 bridgehead atoms. The van der Waals surface area contributed by atoms with Crippen LogP contribution >= 0.6 is 11.6 Å². The van der Waals surface area contributed by atoms with Crippen molar-refractivity contribution in [3.8, 4) is 5.69 Å². The third-order valence-corrected chi connectivity index (χ3v) is 6.64. The van der Waals surface area contributed by atoms with Gasteiger partial charge in [0.2, 0.25) is 0 Å². The Labute approximate surface area is 212 Å². The van der Waals surface area contributed by atoms with Gasteiger partial charge < -0.3 is 0 Å². The van der Waals surface area contributed by atoms with Crippen molar-refractivity contribution in [2.24, 2.45) is 0 Å². The van der Waals surface area contributed by atoms with Crippen molar-refractivity contribution < 1.29 is 13.2 Å². The number of hydrogen-bond acceptors (Lipinski definition) is 4. The Balaban J connectivity index is 1.72. The summed E-state index contributed by atoms with van der Waals surface area (Å²) in [6.07, 6.45) is -4.54. The topological polar surface area (TPSA) is 65.6 Å². The maximum atomic E-state index is 13.9. The number of hydrogen-bond donors (Lipinski definition) is 0. The van der Waals surface area contributed by atoms with Gasteiger partial charge in [-0.1, -0.05) is 48.0 Å². The average molecular weight is 520 g/mol. The number of fused-ring (bicyclic) bond motifs is 4. The molecule has 0 N–H and O–H groups in total. The number of aryl methyl sites for hydroxylation is 1. The Hall–Kier alpha value is -4.24. The number of rotatable bonds is 3. The molecule has 0 spiro atoms. The second-order valence-corrected chi connectivity index (χ2v) is 9.02. The van der Waals surface area contributed by atoms with Crippen molar-refractivity contribution >= 4 is 44.8 Å². The zero-order valence-electron chi connectivity index (χ0n) is 19.3. The lowest BCUT2D eigenvalue weighted by atomic mass is 10.2. The van der Waals surface area contributed by atoms with E-state index in [4.69, 9.17) is 21.6 Å².